The molecular weight excluding hydrogens is 266 g/mol. The fourth-order valence-corrected chi connectivity index (χ4v) is 3.79. The Bertz CT molecular complexity index is 532. The minimum Gasteiger partial charge on any atom is -0.308 e. The summed E-state index contributed by atoms with van der Waals surface area (Å²) in [6.07, 6.45) is 5.13. The van der Waals surface area contributed by atoms with Gasteiger partial charge in [0.25, 0.3) is 5.69 Å². The molecular formula is C16H23N3O2. The Morgan fingerprint density at radius 3 is 3.00 bits per heavy atom. The van der Waals surface area contributed by atoms with E-state index in [1.54, 1.807) is 12.1 Å². The van der Waals surface area contributed by atoms with E-state index in [9.17, 15) is 10.1 Å². The van der Waals surface area contributed by atoms with E-state index in [1.165, 1.54) is 38.8 Å². The molecule has 114 valence electrons. The van der Waals surface area contributed by atoms with E-state index >= 15 is 0 Å². The fourth-order valence-electron chi connectivity index (χ4n) is 3.79. The molecule has 0 bridgehead atoms. The maximum Gasteiger partial charge on any atom is 0.272 e. The van der Waals surface area contributed by atoms with Crippen LogP contribution in [0.1, 0.15) is 36.8 Å². The van der Waals surface area contributed by atoms with Crippen molar-refractivity contribution in [1.29, 1.82) is 0 Å². The molecule has 2 aliphatic rings. The number of hydrogen-bond donors (Lipinski definition) is 1. The SMILES string of the molecule is Cc1c(CNC2CCN3CCCCC23)cccc1[N+](=O)[O-]. The van der Waals surface area contributed by atoms with Crippen LogP contribution in [0.2, 0.25) is 0 Å². The Morgan fingerprint density at radius 2 is 2.19 bits per heavy atom. The summed E-state index contributed by atoms with van der Waals surface area (Å²) in [4.78, 5) is 13.3. The van der Waals surface area contributed by atoms with E-state index in [2.05, 4.69) is 10.2 Å². The van der Waals surface area contributed by atoms with Gasteiger partial charge in [-0.1, -0.05) is 18.6 Å². The highest BCUT2D eigenvalue weighted by molar-refractivity contribution is 5.44. The van der Waals surface area contributed by atoms with Crippen LogP contribution in [0.3, 0.4) is 0 Å². The molecule has 0 spiro atoms. The summed E-state index contributed by atoms with van der Waals surface area (Å²) in [6, 6.07) is 6.55. The molecule has 0 saturated carbocycles. The molecule has 1 aromatic carbocycles. The molecule has 2 unspecified atom stereocenters. The zero-order chi connectivity index (χ0) is 14.8. The topological polar surface area (TPSA) is 58.4 Å². The molecule has 5 heteroatoms. The minimum absolute atomic E-state index is 0.222. The molecule has 2 aliphatic heterocycles. The van der Waals surface area contributed by atoms with Crippen LogP contribution in [0.5, 0.6) is 0 Å². The lowest BCUT2D eigenvalue weighted by Crippen LogP contribution is -2.44. The third kappa shape index (κ3) is 2.94. The number of nitro groups is 1. The average molecular weight is 289 g/mol. The van der Waals surface area contributed by atoms with E-state index in [0.717, 1.165) is 17.7 Å². The van der Waals surface area contributed by atoms with Crippen molar-refractivity contribution in [3.63, 3.8) is 0 Å². The van der Waals surface area contributed by atoms with Gasteiger partial charge in [-0.2, -0.15) is 0 Å². The summed E-state index contributed by atoms with van der Waals surface area (Å²) in [5.74, 6) is 0. The molecule has 2 saturated heterocycles. The molecule has 5 nitrogen and oxygen atoms in total. The number of fused-ring (bicyclic) bond motifs is 1. The molecule has 0 aliphatic carbocycles. The first kappa shape index (κ1) is 14.5. The summed E-state index contributed by atoms with van der Waals surface area (Å²) in [5.41, 5.74) is 2.05. The smallest absolute Gasteiger partial charge is 0.272 e. The van der Waals surface area contributed by atoms with Crippen molar-refractivity contribution in [3.05, 3.63) is 39.4 Å². The van der Waals surface area contributed by atoms with Crippen LogP contribution in [0.4, 0.5) is 5.69 Å². The van der Waals surface area contributed by atoms with E-state index < -0.39 is 0 Å². The molecule has 2 fully saturated rings. The second-order valence-corrected chi connectivity index (χ2v) is 6.19. The van der Waals surface area contributed by atoms with Gasteiger partial charge in [0.1, 0.15) is 0 Å². The van der Waals surface area contributed by atoms with Crippen LogP contribution in [-0.2, 0) is 6.54 Å². The van der Waals surface area contributed by atoms with Gasteiger partial charge in [-0.3, -0.25) is 15.0 Å². The van der Waals surface area contributed by atoms with Gasteiger partial charge in [0.2, 0.25) is 0 Å². The monoisotopic (exact) mass is 289 g/mol. The van der Waals surface area contributed by atoms with Crippen LogP contribution in [0.25, 0.3) is 0 Å². The predicted octanol–water partition coefficient (Wildman–Crippen LogP) is 2.62. The Labute approximate surface area is 125 Å². The van der Waals surface area contributed by atoms with E-state index in [1.807, 2.05) is 13.0 Å². The Morgan fingerprint density at radius 1 is 1.33 bits per heavy atom. The number of rotatable bonds is 4. The second-order valence-electron chi connectivity index (χ2n) is 6.19. The fraction of sp³-hybridized carbons (Fsp3) is 0.625. The lowest BCUT2D eigenvalue weighted by Gasteiger charge is -2.32. The molecule has 0 aromatic heterocycles. The Kier molecular flexibility index (Phi) is 4.22. The summed E-state index contributed by atoms with van der Waals surface area (Å²) in [5, 5.41) is 14.6. The highest BCUT2D eigenvalue weighted by Gasteiger charge is 2.35. The minimum atomic E-state index is -0.294. The quantitative estimate of drug-likeness (QED) is 0.684. The number of piperidine rings is 1. The largest absolute Gasteiger partial charge is 0.308 e. The number of nitro benzene ring substituents is 1. The number of nitrogens with zero attached hydrogens (tertiary/aromatic N) is 2. The van der Waals surface area contributed by atoms with Gasteiger partial charge in [0.15, 0.2) is 0 Å². The van der Waals surface area contributed by atoms with Crippen LogP contribution in [-0.4, -0.2) is 35.0 Å². The zero-order valence-corrected chi connectivity index (χ0v) is 12.5. The number of nitrogens with one attached hydrogen (secondary N) is 1. The first-order chi connectivity index (χ1) is 10.2. The maximum atomic E-state index is 11.0. The van der Waals surface area contributed by atoms with Crippen molar-refractivity contribution >= 4 is 5.69 Å². The van der Waals surface area contributed by atoms with Crippen molar-refractivity contribution in [2.75, 3.05) is 13.1 Å². The van der Waals surface area contributed by atoms with Gasteiger partial charge >= 0.3 is 0 Å². The van der Waals surface area contributed by atoms with Crippen molar-refractivity contribution in [2.24, 2.45) is 0 Å². The summed E-state index contributed by atoms with van der Waals surface area (Å²) in [6.45, 7) is 4.99. The first-order valence-electron chi connectivity index (χ1n) is 7.87. The summed E-state index contributed by atoms with van der Waals surface area (Å²) < 4.78 is 0. The molecule has 0 radical (unpaired) electrons. The van der Waals surface area contributed by atoms with Gasteiger partial charge in [0, 0.05) is 36.8 Å². The molecule has 1 aromatic rings. The van der Waals surface area contributed by atoms with Gasteiger partial charge in [-0.15, -0.1) is 0 Å². The summed E-state index contributed by atoms with van der Waals surface area (Å²) in [7, 11) is 0. The third-order valence-corrected chi connectivity index (χ3v) is 5.02. The Balaban J connectivity index is 1.65. The van der Waals surface area contributed by atoms with E-state index in [-0.39, 0.29) is 10.6 Å². The van der Waals surface area contributed by atoms with Crippen LogP contribution in [0, 0.1) is 17.0 Å². The Hall–Kier alpha value is -1.46. The highest BCUT2D eigenvalue weighted by atomic mass is 16.6. The molecule has 1 N–H and O–H groups in total. The average Bonchev–Trinajstić information content (AvgIpc) is 2.89. The van der Waals surface area contributed by atoms with Gasteiger partial charge in [-0.25, -0.2) is 0 Å². The van der Waals surface area contributed by atoms with Gasteiger partial charge in [0.05, 0.1) is 4.92 Å². The second kappa shape index (κ2) is 6.12. The van der Waals surface area contributed by atoms with Crippen LogP contribution in [0.15, 0.2) is 18.2 Å². The standard InChI is InChI=1S/C16H23N3O2/c1-12-13(5-4-7-15(12)19(20)21)11-17-14-8-10-18-9-3-2-6-16(14)18/h4-5,7,14,16-17H,2-3,6,8-11H2,1H3. The van der Waals surface area contributed by atoms with Crippen LogP contribution < -0.4 is 5.32 Å². The molecule has 2 atom stereocenters. The van der Waals surface area contributed by atoms with Gasteiger partial charge in [-0.05, 0) is 38.3 Å². The molecule has 3 rings (SSSR count). The summed E-state index contributed by atoms with van der Waals surface area (Å²) >= 11 is 0. The third-order valence-electron chi connectivity index (χ3n) is 5.02. The predicted molar refractivity (Wildman–Crippen MR) is 82.3 cm³/mol. The van der Waals surface area contributed by atoms with Crippen LogP contribution >= 0.6 is 0 Å². The van der Waals surface area contributed by atoms with E-state index in [4.69, 9.17) is 0 Å². The lowest BCUT2D eigenvalue weighted by atomic mass is 9.98. The van der Waals surface area contributed by atoms with Crippen molar-refractivity contribution in [1.82, 2.24) is 10.2 Å². The van der Waals surface area contributed by atoms with Crippen molar-refractivity contribution in [2.45, 2.75) is 51.2 Å². The number of hydrogen-bond acceptors (Lipinski definition) is 4. The van der Waals surface area contributed by atoms with Gasteiger partial charge < -0.3 is 5.32 Å². The molecule has 2 heterocycles. The first-order valence-corrected chi connectivity index (χ1v) is 7.87. The van der Waals surface area contributed by atoms with Crippen molar-refractivity contribution in [3.8, 4) is 0 Å². The van der Waals surface area contributed by atoms with Crippen molar-refractivity contribution < 1.29 is 4.92 Å². The van der Waals surface area contributed by atoms with E-state index in [0.29, 0.717) is 12.1 Å². The maximum absolute atomic E-state index is 11.0. The molecule has 0 amide bonds. The highest BCUT2D eigenvalue weighted by Crippen LogP contribution is 2.28. The molecule has 21 heavy (non-hydrogen) atoms. The zero-order valence-electron chi connectivity index (χ0n) is 12.5. The lowest BCUT2D eigenvalue weighted by molar-refractivity contribution is -0.385. The normalized spacial score (nSPS) is 25.8. The number of benzene rings is 1.